The van der Waals surface area contributed by atoms with Crippen LogP contribution in [0.2, 0.25) is 0 Å². The Kier molecular flexibility index (Phi) is 5.21. The minimum atomic E-state index is -1.42. The molecule has 0 amide bonds. The van der Waals surface area contributed by atoms with E-state index < -0.39 is 22.8 Å². The number of Topliss-reactive ketones (excluding diaryl/α,β-unsaturated/α-hetero) is 1. The van der Waals surface area contributed by atoms with Crippen LogP contribution in [0.15, 0.2) is 28.6 Å². The molecule has 1 saturated heterocycles. The molecule has 0 atom stereocenters. The molecule has 0 spiro atoms. The van der Waals surface area contributed by atoms with Crippen molar-refractivity contribution >= 4 is 51.3 Å². The first-order valence-corrected chi connectivity index (χ1v) is 11.5. The summed E-state index contributed by atoms with van der Waals surface area (Å²) in [7, 11) is 0. The van der Waals surface area contributed by atoms with E-state index in [0.717, 1.165) is 17.3 Å². The minimum absolute atomic E-state index is 0.00519. The third-order valence-corrected chi connectivity index (χ3v) is 6.91. The number of aryl methyl sites for hydroxylation is 1. The number of fused-ring (bicyclic) bond motifs is 1. The van der Waals surface area contributed by atoms with E-state index in [9.17, 15) is 23.9 Å². The van der Waals surface area contributed by atoms with Crippen LogP contribution < -0.4 is 10.3 Å². The molecule has 5 heterocycles. The summed E-state index contributed by atoms with van der Waals surface area (Å²) in [4.78, 5) is 46.8. The van der Waals surface area contributed by atoms with E-state index >= 15 is 0 Å². The molecule has 1 aliphatic rings. The molecule has 0 radical (unpaired) electrons. The van der Waals surface area contributed by atoms with Gasteiger partial charge in [-0.3, -0.25) is 14.2 Å². The van der Waals surface area contributed by atoms with E-state index in [1.807, 2.05) is 6.92 Å². The molecular formula is C20H15FN6O4S2. The molecule has 0 unspecified atom stereocenters. The molecule has 168 valence electrons. The van der Waals surface area contributed by atoms with Crippen LogP contribution in [0, 0.1) is 18.7 Å². The van der Waals surface area contributed by atoms with Gasteiger partial charge in [0, 0.05) is 30.9 Å². The van der Waals surface area contributed by atoms with Crippen molar-refractivity contribution in [1.29, 1.82) is 0 Å². The molecular weight excluding hydrogens is 471 g/mol. The molecule has 4 aromatic heterocycles. The topological polar surface area (TPSA) is 131 Å². The predicted molar refractivity (Wildman–Crippen MR) is 119 cm³/mol. The van der Waals surface area contributed by atoms with E-state index in [1.165, 1.54) is 33.4 Å². The number of pyridine rings is 2. The number of carboxylic acids is 1. The van der Waals surface area contributed by atoms with Gasteiger partial charge in [-0.1, -0.05) is 0 Å². The number of halogens is 1. The summed E-state index contributed by atoms with van der Waals surface area (Å²) >= 11 is 2.58. The van der Waals surface area contributed by atoms with E-state index in [-0.39, 0.29) is 48.1 Å². The Morgan fingerprint density at radius 2 is 2.09 bits per heavy atom. The van der Waals surface area contributed by atoms with Gasteiger partial charge in [-0.05, 0) is 13.0 Å². The molecule has 1 aliphatic heterocycles. The minimum Gasteiger partial charge on any atom is -0.477 e. The van der Waals surface area contributed by atoms with Crippen LogP contribution in [0.1, 0.15) is 20.4 Å². The summed E-state index contributed by atoms with van der Waals surface area (Å²) < 4.78 is 16.3. The molecule has 0 bridgehead atoms. The lowest BCUT2D eigenvalue weighted by molar-refractivity contribution is -0.122. The number of aromatic carboxylic acids is 1. The number of anilines is 1. The van der Waals surface area contributed by atoms with E-state index in [2.05, 4.69) is 20.2 Å². The molecule has 1 N–H and O–H groups in total. The lowest BCUT2D eigenvalue weighted by Crippen LogP contribution is -2.51. The maximum Gasteiger partial charge on any atom is 0.341 e. The van der Waals surface area contributed by atoms with Crippen molar-refractivity contribution in [2.45, 2.75) is 13.3 Å². The third-order valence-electron chi connectivity index (χ3n) is 5.30. The van der Waals surface area contributed by atoms with Crippen molar-refractivity contribution in [3.05, 3.63) is 55.5 Å². The number of carbonyl (C=O) groups is 2. The van der Waals surface area contributed by atoms with Gasteiger partial charge in [0.2, 0.25) is 5.43 Å². The van der Waals surface area contributed by atoms with E-state index in [1.54, 1.807) is 10.3 Å². The molecule has 0 aliphatic carbocycles. The zero-order chi connectivity index (χ0) is 23.3. The summed E-state index contributed by atoms with van der Waals surface area (Å²) in [5.41, 5.74) is -1.24. The quantitative estimate of drug-likeness (QED) is 0.435. The number of thiazole rings is 1. The van der Waals surface area contributed by atoms with Crippen molar-refractivity contribution in [1.82, 2.24) is 24.7 Å². The Hall–Kier alpha value is -3.58. The first-order valence-electron chi connectivity index (χ1n) is 9.77. The number of carbonyl (C=O) groups excluding carboxylic acids is 1. The van der Waals surface area contributed by atoms with Gasteiger partial charge in [-0.2, -0.15) is 0 Å². The maximum absolute atomic E-state index is 14.9. The highest BCUT2D eigenvalue weighted by Gasteiger charge is 2.35. The maximum atomic E-state index is 14.9. The highest BCUT2D eigenvalue weighted by atomic mass is 32.1. The Bertz CT molecular complexity index is 1460. The highest BCUT2D eigenvalue weighted by molar-refractivity contribution is 7.12. The molecule has 1 fully saturated rings. The summed E-state index contributed by atoms with van der Waals surface area (Å²) in [6.07, 6.45) is 2.85. The van der Waals surface area contributed by atoms with Crippen LogP contribution in [0.5, 0.6) is 0 Å². The summed E-state index contributed by atoms with van der Waals surface area (Å²) in [5.74, 6) is -2.49. The largest absolute Gasteiger partial charge is 0.477 e. The zero-order valence-corrected chi connectivity index (χ0v) is 18.7. The van der Waals surface area contributed by atoms with Crippen LogP contribution in [0.4, 0.5) is 10.2 Å². The van der Waals surface area contributed by atoms with Crippen molar-refractivity contribution in [2.75, 3.05) is 18.0 Å². The van der Waals surface area contributed by atoms with Gasteiger partial charge < -0.3 is 10.0 Å². The van der Waals surface area contributed by atoms with Crippen LogP contribution in [-0.2, 0) is 11.2 Å². The monoisotopic (exact) mass is 486 g/mol. The fourth-order valence-electron chi connectivity index (χ4n) is 3.63. The van der Waals surface area contributed by atoms with Crippen molar-refractivity contribution in [2.24, 2.45) is 5.92 Å². The number of aromatic nitrogens is 5. The molecule has 5 rings (SSSR count). The standard InChI is InChI=1S/C20H15FN6O4S2/c1-9-24-25-15(33-9)5-14(28)10-6-26(7-10)18-13(21)4-11-16(29)12(19(30)31)8-27(17(11)23-18)20-22-2-3-32-20/h2-4,8,10H,5-7H2,1H3,(H,30,31). The smallest absolute Gasteiger partial charge is 0.341 e. The Morgan fingerprint density at radius 1 is 1.30 bits per heavy atom. The lowest BCUT2D eigenvalue weighted by atomic mass is 9.93. The van der Waals surface area contributed by atoms with Gasteiger partial charge >= 0.3 is 5.97 Å². The number of rotatable bonds is 6. The Morgan fingerprint density at radius 3 is 2.73 bits per heavy atom. The first-order chi connectivity index (χ1) is 15.8. The second-order valence-corrected chi connectivity index (χ2v) is 9.63. The molecule has 4 aromatic rings. The molecule has 33 heavy (non-hydrogen) atoms. The summed E-state index contributed by atoms with van der Waals surface area (Å²) in [6.45, 7) is 2.37. The van der Waals surface area contributed by atoms with Gasteiger partial charge in [-0.15, -0.1) is 32.9 Å². The third kappa shape index (κ3) is 3.78. The van der Waals surface area contributed by atoms with Gasteiger partial charge in [0.15, 0.2) is 22.4 Å². The second kappa shape index (κ2) is 8.08. The average Bonchev–Trinajstić information content (AvgIpc) is 3.40. The van der Waals surface area contributed by atoms with Gasteiger partial charge in [0.05, 0.1) is 17.7 Å². The summed E-state index contributed by atoms with van der Waals surface area (Å²) in [5, 5.41) is 20.6. The number of carboxylic acid groups (broad SMARTS) is 1. The zero-order valence-electron chi connectivity index (χ0n) is 17.1. The number of hydrogen-bond donors (Lipinski definition) is 1. The lowest BCUT2D eigenvalue weighted by Gasteiger charge is -2.39. The van der Waals surface area contributed by atoms with E-state index in [0.29, 0.717) is 10.1 Å². The molecule has 0 aromatic carbocycles. The SMILES string of the molecule is Cc1nnc(CC(=O)C2CN(c3nc4c(cc3F)c(=O)c(C(=O)O)cn4-c3nccs3)C2)s1. The fraction of sp³-hybridized carbons (Fsp3) is 0.250. The van der Waals surface area contributed by atoms with Gasteiger partial charge in [0.1, 0.15) is 21.4 Å². The molecule has 10 nitrogen and oxygen atoms in total. The summed E-state index contributed by atoms with van der Waals surface area (Å²) in [6, 6.07) is 0.996. The number of hydrogen-bond acceptors (Lipinski definition) is 10. The Labute approximate surface area is 193 Å². The fourth-order valence-corrected chi connectivity index (χ4v) is 4.96. The van der Waals surface area contributed by atoms with Gasteiger partial charge in [-0.25, -0.2) is 19.2 Å². The van der Waals surface area contributed by atoms with Crippen molar-refractivity contribution in [3.63, 3.8) is 0 Å². The van der Waals surface area contributed by atoms with Crippen LogP contribution in [0.3, 0.4) is 0 Å². The first kappa shape index (κ1) is 21.3. The molecule has 0 saturated carbocycles. The van der Waals surface area contributed by atoms with Crippen LogP contribution in [0.25, 0.3) is 16.2 Å². The van der Waals surface area contributed by atoms with Crippen molar-refractivity contribution in [3.8, 4) is 5.13 Å². The number of nitrogens with zero attached hydrogens (tertiary/aromatic N) is 6. The van der Waals surface area contributed by atoms with Crippen molar-refractivity contribution < 1.29 is 19.1 Å². The Balaban J connectivity index is 1.48. The molecule has 13 heteroatoms. The van der Waals surface area contributed by atoms with E-state index in [4.69, 9.17) is 0 Å². The van der Waals surface area contributed by atoms with Gasteiger partial charge in [0.25, 0.3) is 0 Å². The van der Waals surface area contributed by atoms with Crippen LogP contribution >= 0.6 is 22.7 Å². The number of ketones is 1. The predicted octanol–water partition coefficient (Wildman–Crippen LogP) is 2.09. The second-order valence-electron chi connectivity index (χ2n) is 7.49. The highest BCUT2D eigenvalue weighted by Crippen LogP contribution is 2.30. The van der Waals surface area contributed by atoms with Crippen LogP contribution in [-0.4, -0.2) is 54.7 Å². The normalized spacial score (nSPS) is 13.9. The average molecular weight is 487 g/mol.